The zero-order valence-corrected chi connectivity index (χ0v) is 10.6. The Bertz CT molecular complexity index is 485. The summed E-state index contributed by atoms with van der Waals surface area (Å²) in [6.07, 6.45) is 3.15. The number of benzene rings is 1. The van der Waals surface area contributed by atoms with E-state index in [0.29, 0.717) is 10.2 Å². The number of nitrogens with zero attached hydrogens (tertiary/aromatic N) is 1. The lowest BCUT2D eigenvalue weighted by atomic mass is 10.2. The average molecular weight is 267 g/mol. The van der Waals surface area contributed by atoms with Crippen LogP contribution in [0.5, 0.6) is 0 Å². The highest BCUT2D eigenvalue weighted by molar-refractivity contribution is 8.14. The summed E-state index contributed by atoms with van der Waals surface area (Å²) in [6.45, 7) is 0.772. The van der Waals surface area contributed by atoms with Gasteiger partial charge in [-0.25, -0.2) is 0 Å². The van der Waals surface area contributed by atoms with Gasteiger partial charge in [0, 0.05) is 16.9 Å². The van der Waals surface area contributed by atoms with Gasteiger partial charge in [-0.05, 0) is 17.7 Å². The monoisotopic (exact) mass is 266 g/mol. The number of nitrogens with one attached hydrogen (secondary N) is 1. The Labute approximate surface area is 109 Å². The van der Waals surface area contributed by atoms with Crippen LogP contribution >= 0.6 is 23.4 Å². The molecule has 1 aromatic rings. The molecule has 3 nitrogen and oxygen atoms in total. The zero-order chi connectivity index (χ0) is 12.1. The van der Waals surface area contributed by atoms with Crippen molar-refractivity contribution < 1.29 is 4.79 Å². The van der Waals surface area contributed by atoms with Crippen LogP contribution in [0, 0.1) is 0 Å². The van der Waals surface area contributed by atoms with E-state index in [9.17, 15) is 4.79 Å². The third-order valence-electron chi connectivity index (χ3n) is 2.14. The first-order valence-corrected chi connectivity index (χ1v) is 6.53. The van der Waals surface area contributed by atoms with E-state index in [1.165, 1.54) is 6.08 Å². The molecule has 0 aliphatic carbocycles. The number of thioether (sulfide) groups is 1. The van der Waals surface area contributed by atoms with Gasteiger partial charge >= 0.3 is 0 Å². The SMILES string of the molecule is O=C(/C=C/c1ccccc1Cl)NC1=NCCS1. The maximum absolute atomic E-state index is 11.5. The molecular weight excluding hydrogens is 256 g/mol. The van der Waals surface area contributed by atoms with Crippen LogP contribution in [0.3, 0.4) is 0 Å². The molecular formula is C12H11ClN2OS. The third-order valence-corrected chi connectivity index (χ3v) is 3.37. The fraction of sp³-hybridized carbons (Fsp3) is 0.167. The highest BCUT2D eigenvalue weighted by Gasteiger charge is 2.08. The average Bonchev–Trinajstić information content (AvgIpc) is 2.81. The maximum atomic E-state index is 11.5. The summed E-state index contributed by atoms with van der Waals surface area (Å²) in [7, 11) is 0. The second-order valence-corrected chi connectivity index (χ2v) is 4.87. The lowest BCUT2D eigenvalue weighted by Gasteiger charge is -1.99. The lowest BCUT2D eigenvalue weighted by molar-refractivity contribution is -0.115. The fourth-order valence-corrected chi connectivity index (χ4v) is 2.26. The van der Waals surface area contributed by atoms with Gasteiger partial charge in [-0.2, -0.15) is 0 Å². The molecule has 0 spiro atoms. The van der Waals surface area contributed by atoms with Gasteiger partial charge in [0.2, 0.25) is 5.91 Å². The predicted molar refractivity (Wildman–Crippen MR) is 73.4 cm³/mol. The number of hydrogen-bond donors (Lipinski definition) is 1. The molecule has 0 aromatic heterocycles. The number of carbonyl (C=O) groups excluding carboxylic acids is 1. The van der Waals surface area contributed by atoms with Crippen LogP contribution in [-0.4, -0.2) is 23.4 Å². The summed E-state index contributed by atoms with van der Waals surface area (Å²) < 4.78 is 0. The molecule has 0 radical (unpaired) electrons. The molecule has 1 aromatic carbocycles. The van der Waals surface area contributed by atoms with Crippen molar-refractivity contribution in [1.29, 1.82) is 0 Å². The van der Waals surface area contributed by atoms with Crippen molar-refractivity contribution in [3.63, 3.8) is 0 Å². The second kappa shape index (κ2) is 5.89. The molecule has 1 heterocycles. The molecule has 0 saturated heterocycles. The fourth-order valence-electron chi connectivity index (χ4n) is 1.33. The first-order chi connectivity index (χ1) is 8.25. The van der Waals surface area contributed by atoms with Gasteiger partial charge in [0.05, 0.1) is 6.54 Å². The summed E-state index contributed by atoms with van der Waals surface area (Å²) in [5.41, 5.74) is 0.824. The number of aliphatic imine (C=N–C) groups is 1. The highest BCUT2D eigenvalue weighted by Crippen LogP contribution is 2.16. The third kappa shape index (κ3) is 3.61. The largest absolute Gasteiger partial charge is 0.302 e. The first-order valence-electron chi connectivity index (χ1n) is 5.16. The van der Waals surface area contributed by atoms with Gasteiger partial charge in [0.1, 0.15) is 0 Å². The number of halogens is 1. The first kappa shape index (κ1) is 12.2. The standard InChI is InChI=1S/C12H11ClN2OS/c13-10-4-2-1-3-9(10)5-6-11(16)15-12-14-7-8-17-12/h1-6H,7-8H2,(H,14,15,16)/b6-5+. The van der Waals surface area contributed by atoms with E-state index in [4.69, 9.17) is 11.6 Å². The van der Waals surface area contributed by atoms with Gasteiger partial charge < -0.3 is 5.32 Å². The molecule has 0 fully saturated rings. The quantitative estimate of drug-likeness (QED) is 0.836. The molecule has 2 rings (SSSR count). The van der Waals surface area contributed by atoms with Crippen LogP contribution in [-0.2, 0) is 4.79 Å². The van der Waals surface area contributed by atoms with Crippen molar-refractivity contribution in [2.24, 2.45) is 4.99 Å². The van der Waals surface area contributed by atoms with E-state index < -0.39 is 0 Å². The van der Waals surface area contributed by atoms with Gasteiger partial charge in [-0.3, -0.25) is 9.79 Å². The summed E-state index contributed by atoms with van der Waals surface area (Å²) in [4.78, 5) is 15.7. The summed E-state index contributed by atoms with van der Waals surface area (Å²) >= 11 is 7.52. The van der Waals surface area contributed by atoms with E-state index in [1.54, 1.807) is 23.9 Å². The van der Waals surface area contributed by atoms with Gasteiger partial charge in [0.15, 0.2) is 5.17 Å². The molecule has 1 aliphatic rings. The van der Waals surface area contributed by atoms with E-state index in [2.05, 4.69) is 10.3 Å². The Kier molecular flexibility index (Phi) is 4.23. The van der Waals surface area contributed by atoms with Crippen molar-refractivity contribution in [2.75, 3.05) is 12.3 Å². The number of carbonyl (C=O) groups is 1. The highest BCUT2D eigenvalue weighted by atomic mass is 35.5. The summed E-state index contributed by atoms with van der Waals surface area (Å²) in [5.74, 6) is 0.752. The Morgan fingerprint density at radius 2 is 2.29 bits per heavy atom. The van der Waals surface area contributed by atoms with Crippen LogP contribution in [0.25, 0.3) is 6.08 Å². The number of amides is 1. The second-order valence-electron chi connectivity index (χ2n) is 3.38. The number of hydrogen-bond acceptors (Lipinski definition) is 3. The minimum atomic E-state index is -0.182. The summed E-state index contributed by atoms with van der Waals surface area (Å²) in [6, 6.07) is 7.37. The van der Waals surface area contributed by atoms with E-state index in [1.807, 2.05) is 18.2 Å². The molecule has 17 heavy (non-hydrogen) atoms. The molecule has 0 bridgehead atoms. The van der Waals surface area contributed by atoms with Crippen LogP contribution in [0.2, 0.25) is 5.02 Å². The van der Waals surface area contributed by atoms with Gasteiger partial charge in [-0.15, -0.1) is 0 Å². The van der Waals surface area contributed by atoms with Crippen LogP contribution in [0.1, 0.15) is 5.56 Å². The van der Waals surface area contributed by atoms with Crippen molar-refractivity contribution in [3.05, 3.63) is 40.9 Å². The van der Waals surface area contributed by atoms with Crippen LogP contribution in [0.4, 0.5) is 0 Å². The zero-order valence-electron chi connectivity index (χ0n) is 9.02. The van der Waals surface area contributed by atoms with E-state index in [0.717, 1.165) is 17.9 Å². The lowest BCUT2D eigenvalue weighted by Crippen LogP contribution is -2.25. The topological polar surface area (TPSA) is 41.5 Å². The Morgan fingerprint density at radius 1 is 1.47 bits per heavy atom. The van der Waals surface area contributed by atoms with Crippen LogP contribution in [0.15, 0.2) is 35.3 Å². The number of rotatable bonds is 2. The van der Waals surface area contributed by atoms with Gasteiger partial charge in [0.25, 0.3) is 0 Å². The molecule has 0 saturated carbocycles. The Morgan fingerprint density at radius 3 is 3.00 bits per heavy atom. The normalized spacial score (nSPS) is 15.0. The van der Waals surface area contributed by atoms with Gasteiger partial charge in [-0.1, -0.05) is 41.6 Å². The van der Waals surface area contributed by atoms with Crippen LogP contribution < -0.4 is 5.32 Å². The molecule has 0 atom stereocenters. The summed E-state index contributed by atoms with van der Waals surface area (Å²) in [5, 5.41) is 4.03. The van der Waals surface area contributed by atoms with Crippen molar-refractivity contribution in [3.8, 4) is 0 Å². The Hall–Kier alpha value is -1.26. The number of amidine groups is 1. The maximum Gasteiger partial charge on any atom is 0.249 e. The predicted octanol–water partition coefficient (Wildman–Crippen LogP) is 2.57. The van der Waals surface area contributed by atoms with E-state index in [-0.39, 0.29) is 5.91 Å². The van der Waals surface area contributed by atoms with Crippen molar-refractivity contribution in [1.82, 2.24) is 5.32 Å². The molecule has 5 heteroatoms. The van der Waals surface area contributed by atoms with E-state index >= 15 is 0 Å². The van der Waals surface area contributed by atoms with Crippen molar-refractivity contribution >= 4 is 40.5 Å². The molecule has 1 N–H and O–H groups in total. The smallest absolute Gasteiger partial charge is 0.249 e. The minimum Gasteiger partial charge on any atom is -0.302 e. The molecule has 0 unspecified atom stereocenters. The van der Waals surface area contributed by atoms with Crippen molar-refractivity contribution in [2.45, 2.75) is 0 Å². The molecule has 1 aliphatic heterocycles. The molecule has 1 amide bonds. The molecule has 88 valence electrons. The Balaban J connectivity index is 1.96. The minimum absolute atomic E-state index is 0.182.